The Morgan fingerprint density at radius 1 is 1.16 bits per heavy atom. The number of aromatic nitrogens is 4. The monoisotopic (exact) mass is 427 g/mol. The van der Waals surface area contributed by atoms with E-state index in [9.17, 15) is 4.39 Å². The van der Waals surface area contributed by atoms with Crippen LogP contribution in [0.2, 0.25) is 0 Å². The van der Waals surface area contributed by atoms with Crippen molar-refractivity contribution in [3.8, 4) is 22.6 Å². The van der Waals surface area contributed by atoms with E-state index in [1.807, 2.05) is 0 Å². The Hall–Kier alpha value is -2.88. The zero-order valence-electron chi connectivity index (χ0n) is 17.6. The molecule has 2 aromatic heterocycles. The summed E-state index contributed by atoms with van der Waals surface area (Å²) >= 11 is 0. The van der Waals surface area contributed by atoms with E-state index in [-0.39, 0.29) is 17.8 Å². The lowest BCUT2D eigenvalue weighted by atomic mass is 9.96. The first-order valence-electron chi connectivity index (χ1n) is 10.2. The minimum Gasteiger partial charge on any atom is -0.396 e. The maximum absolute atomic E-state index is 13.5. The van der Waals surface area contributed by atoms with Gasteiger partial charge in [0.05, 0.1) is 30.3 Å². The molecule has 0 spiro atoms. The Morgan fingerprint density at radius 3 is 2.61 bits per heavy atom. The molecular formula is C22H26FN5O3. The van der Waals surface area contributed by atoms with Gasteiger partial charge < -0.3 is 24.9 Å². The molecule has 4 rings (SSSR count). The van der Waals surface area contributed by atoms with Gasteiger partial charge in [0, 0.05) is 30.3 Å². The molecule has 0 unspecified atom stereocenters. The maximum atomic E-state index is 13.5. The summed E-state index contributed by atoms with van der Waals surface area (Å²) < 4.78 is 25.2. The van der Waals surface area contributed by atoms with Crippen LogP contribution in [0, 0.1) is 11.2 Å². The highest BCUT2D eigenvalue weighted by atomic mass is 19.1. The second kappa shape index (κ2) is 9.09. The van der Waals surface area contributed by atoms with Crippen molar-refractivity contribution in [3.05, 3.63) is 48.2 Å². The van der Waals surface area contributed by atoms with Gasteiger partial charge in [0.1, 0.15) is 5.82 Å². The van der Waals surface area contributed by atoms with Crippen molar-refractivity contribution in [1.29, 1.82) is 0 Å². The summed E-state index contributed by atoms with van der Waals surface area (Å²) in [6, 6.07) is 7.91. The minimum atomic E-state index is -0.620. The molecule has 164 valence electrons. The predicted molar refractivity (Wildman–Crippen MR) is 114 cm³/mol. The van der Waals surface area contributed by atoms with Gasteiger partial charge in [0.15, 0.2) is 5.82 Å². The van der Waals surface area contributed by atoms with Crippen LogP contribution in [-0.4, -0.2) is 51.4 Å². The summed E-state index contributed by atoms with van der Waals surface area (Å²) in [4.78, 5) is 16.8. The first-order chi connectivity index (χ1) is 14.9. The van der Waals surface area contributed by atoms with Gasteiger partial charge in [0.25, 0.3) is 0 Å². The molecule has 1 aliphatic heterocycles. The fourth-order valence-corrected chi connectivity index (χ4v) is 3.22. The van der Waals surface area contributed by atoms with Gasteiger partial charge in [-0.3, -0.25) is 0 Å². The molecule has 3 aromatic rings. The third-order valence-electron chi connectivity index (χ3n) is 4.84. The summed E-state index contributed by atoms with van der Waals surface area (Å²) in [6.07, 6.45) is 1.62. The molecule has 1 fully saturated rings. The molecule has 8 nitrogen and oxygen atoms in total. The standard InChI is InChI=1S/C22H26FN5O3/c1-22(2)12-30-20(31-13-22)19-27-17(14-4-6-15(23)7-5-14)18(28-19)16-8-10-25-21(26-16)24-9-3-11-29/h4-8,10,20,29H,3,9,11-13H2,1-2H3,(H,27,28)(H,24,25,26). The van der Waals surface area contributed by atoms with Crippen molar-refractivity contribution in [2.24, 2.45) is 5.41 Å². The number of nitrogens with zero attached hydrogens (tertiary/aromatic N) is 3. The Morgan fingerprint density at radius 2 is 1.90 bits per heavy atom. The Kier molecular flexibility index (Phi) is 6.26. The molecule has 0 saturated carbocycles. The fraction of sp³-hybridized carbons (Fsp3) is 0.409. The summed E-state index contributed by atoms with van der Waals surface area (Å²) in [5.41, 5.74) is 2.57. The normalized spacial score (nSPS) is 16.4. The topological polar surface area (TPSA) is 105 Å². The first kappa shape index (κ1) is 21.4. The van der Waals surface area contributed by atoms with Gasteiger partial charge in [0.2, 0.25) is 12.2 Å². The van der Waals surface area contributed by atoms with E-state index in [0.717, 1.165) is 5.56 Å². The van der Waals surface area contributed by atoms with E-state index in [1.54, 1.807) is 24.4 Å². The number of ether oxygens (including phenoxy) is 2. The quantitative estimate of drug-likeness (QED) is 0.495. The lowest BCUT2D eigenvalue weighted by molar-refractivity contribution is -0.229. The highest BCUT2D eigenvalue weighted by Gasteiger charge is 2.32. The number of aliphatic hydroxyl groups is 1. The van der Waals surface area contributed by atoms with E-state index in [1.165, 1.54) is 12.1 Å². The van der Waals surface area contributed by atoms with Crippen LogP contribution in [0.4, 0.5) is 10.3 Å². The number of hydrogen-bond acceptors (Lipinski definition) is 7. The molecule has 0 amide bonds. The van der Waals surface area contributed by atoms with E-state index >= 15 is 0 Å². The average Bonchev–Trinajstić information content (AvgIpc) is 3.20. The predicted octanol–water partition coefficient (Wildman–Crippen LogP) is 3.54. The number of halogens is 1. The molecule has 0 radical (unpaired) electrons. The van der Waals surface area contributed by atoms with Gasteiger partial charge in [-0.05, 0) is 36.8 Å². The molecule has 31 heavy (non-hydrogen) atoms. The Bertz CT molecular complexity index is 1010. The summed E-state index contributed by atoms with van der Waals surface area (Å²) in [5, 5.41) is 12.1. The summed E-state index contributed by atoms with van der Waals surface area (Å²) in [5.74, 6) is 0.650. The third kappa shape index (κ3) is 5.07. The second-order valence-corrected chi connectivity index (χ2v) is 8.24. The number of aliphatic hydroxyl groups excluding tert-OH is 1. The molecule has 0 bridgehead atoms. The van der Waals surface area contributed by atoms with Crippen LogP contribution < -0.4 is 5.32 Å². The number of aromatic amines is 1. The van der Waals surface area contributed by atoms with Crippen LogP contribution in [0.1, 0.15) is 32.4 Å². The molecule has 0 aliphatic carbocycles. The third-order valence-corrected chi connectivity index (χ3v) is 4.84. The van der Waals surface area contributed by atoms with Crippen LogP contribution in [0.3, 0.4) is 0 Å². The first-order valence-corrected chi connectivity index (χ1v) is 10.2. The van der Waals surface area contributed by atoms with Crippen LogP contribution in [-0.2, 0) is 9.47 Å². The number of benzene rings is 1. The van der Waals surface area contributed by atoms with E-state index in [4.69, 9.17) is 19.6 Å². The highest BCUT2D eigenvalue weighted by molar-refractivity contribution is 5.77. The van der Waals surface area contributed by atoms with E-state index < -0.39 is 6.29 Å². The van der Waals surface area contributed by atoms with Gasteiger partial charge in [-0.1, -0.05) is 13.8 Å². The van der Waals surface area contributed by atoms with Crippen LogP contribution in [0.15, 0.2) is 36.5 Å². The summed E-state index contributed by atoms with van der Waals surface area (Å²) in [7, 11) is 0. The summed E-state index contributed by atoms with van der Waals surface area (Å²) in [6.45, 7) is 5.89. The number of hydrogen-bond donors (Lipinski definition) is 3. The Labute approximate surface area is 179 Å². The molecule has 3 N–H and O–H groups in total. The second-order valence-electron chi connectivity index (χ2n) is 8.24. The van der Waals surface area contributed by atoms with Crippen molar-refractivity contribution in [1.82, 2.24) is 19.9 Å². The number of imidazole rings is 1. The molecule has 1 aromatic carbocycles. The van der Waals surface area contributed by atoms with Gasteiger partial charge in [-0.25, -0.2) is 19.3 Å². The van der Waals surface area contributed by atoms with Crippen LogP contribution in [0.25, 0.3) is 22.6 Å². The number of rotatable bonds is 7. The number of H-pyrrole nitrogens is 1. The lowest BCUT2D eigenvalue weighted by Gasteiger charge is -2.33. The smallest absolute Gasteiger partial charge is 0.223 e. The zero-order valence-corrected chi connectivity index (χ0v) is 17.6. The average molecular weight is 427 g/mol. The van der Waals surface area contributed by atoms with E-state index in [0.29, 0.717) is 55.0 Å². The number of anilines is 1. The van der Waals surface area contributed by atoms with Crippen molar-refractivity contribution in [2.75, 3.05) is 31.7 Å². The van der Waals surface area contributed by atoms with Crippen molar-refractivity contribution < 1.29 is 19.0 Å². The largest absolute Gasteiger partial charge is 0.396 e. The molecular weight excluding hydrogens is 401 g/mol. The van der Waals surface area contributed by atoms with Gasteiger partial charge in [-0.2, -0.15) is 0 Å². The lowest BCUT2D eigenvalue weighted by Crippen LogP contribution is -2.34. The molecule has 9 heteroatoms. The fourth-order valence-electron chi connectivity index (χ4n) is 3.22. The van der Waals surface area contributed by atoms with Crippen molar-refractivity contribution >= 4 is 5.95 Å². The van der Waals surface area contributed by atoms with Crippen molar-refractivity contribution in [3.63, 3.8) is 0 Å². The molecule has 1 aliphatic rings. The van der Waals surface area contributed by atoms with Gasteiger partial charge >= 0.3 is 0 Å². The van der Waals surface area contributed by atoms with Crippen molar-refractivity contribution in [2.45, 2.75) is 26.6 Å². The van der Waals surface area contributed by atoms with Crippen LogP contribution in [0.5, 0.6) is 0 Å². The van der Waals surface area contributed by atoms with Gasteiger partial charge in [-0.15, -0.1) is 0 Å². The maximum Gasteiger partial charge on any atom is 0.223 e. The SMILES string of the molecule is CC1(C)COC(c2nc(-c3ccc(F)cc3)c(-c3ccnc(NCCCO)n3)[nH]2)OC1. The van der Waals surface area contributed by atoms with E-state index in [2.05, 4.69) is 34.1 Å². The van der Waals surface area contributed by atoms with Crippen LogP contribution >= 0.6 is 0 Å². The molecule has 3 heterocycles. The Balaban J connectivity index is 1.69. The highest BCUT2D eigenvalue weighted by Crippen LogP contribution is 2.35. The molecule has 0 atom stereocenters. The zero-order chi connectivity index (χ0) is 21.8. The molecule has 1 saturated heterocycles. The number of nitrogens with one attached hydrogen (secondary N) is 2. The minimum absolute atomic E-state index is 0.0620.